The smallest absolute Gasteiger partial charge is 0.177 e. The van der Waals surface area contributed by atoms with Crippen molar-refractivity contribution in [3.63, 3.8) is 0 Å². The lowest BCUT2D eigenvalue weighted by atomic mass is 9.92. The van der Waals surface area contributed by atoms with Gasteiger partial charge in [0.1, 0.15) is 5.82 Å². The number of aliphatic hydroxyl groups excluding tert-OH is 1. The van der Waals surface area contributed by atoms with Crippen molar-refractivity contribution in [1.29, 1.82) is 0 Å². The maximum absolute atomic E-state index is 13.2. The maximum Gasteiger partial charge on any atom is 0.177 e. The molecule has 0 radical (unpaired) electrons. The van der Waals surface area contributed by atoms with Gasteiger partial charge in [0.05, 0.1) is 17.9 Å². The maximum atomic E-state index is 13.2. The van der Waals surface area contributed by atoms with Gasteiger partial charge in [0.15, 0.2) is 18.2 Å². The largest absolute Gasteiger partial charge is 0.393 e. The zero-order valence-electron chi connectivity index (χ0n) is 19.9. The lowest BCUT2D eigenvalue weighted by molar-refractivity contribution is -0.0267. The summed E-state index contributed by atoms with van der Waals surface area (Å²) < 4.78 is 14.2. The summed E-state index contributed by atoms with van der Waals surface area (Å²) in [6.07, 6.45) is 5.19. The summed E-state index contributed by atoms with van der Waals surface area (Å²) >= 11 is 4.05. The number of nitrogens with one attached hydrogen (secondary N) is 1. The van der Waals surface area contributed by atoms with Crippen LogP contribution < -0.4 is 5.43 Å². The molecule has 10 heteroatoms. The fourth-order valence-electron chi connectivity index (χ4n) is 3.64. The third kappa shape index (κ3) is 6.86. The molecule has 2 aromatic rings. The molecule has 7 nitrogen and oxygen atoms in total. The van der Waals surface area contributed by atoms with Crippen molar-refractivity contribution in [2.24, 2.45) is 10.9 Å². The Bertz CT molecular complexity index is 1050. The van der Waals surface area contributed by atoms with Crippen LogP contribution >= 0.6 is 25.1 Å². The van der Waals surface area contributed by atoms with Crippen molar-refractivity contribution in [1.82, 2.24) is 19.1 Å². The fraction of sp³-hybridized carbons (Fsp3) is 0.360. The molecule has 0 saturated heterocycles. The van der Waals surface area contributed by atoms with Gasteiger partial charge in [-0.1, -0.05) is 69.6 Å². The minimum Gasteiger partial charge on any atom is -0.393 e. The van der Waals surface area contributed by atoms with E-state index in [0.29, 0.717) is 31.6 Å². The van der Waals surface area contributed by atoms with Crippen molar-refractivity contribution in [3.8, 4) is 11.3 Å². The Labute approximate surface area is 216 Å². The van der Waals surface area contributed by atoms with Gasteiger partial charge < -0.3 is 10.2 Å². The average Bonchev–Trinajstić information content (AvgIpc) is 3.34. The first-order valence-electron chi connectivity index (χ1n) is 11.4. The van der Waals surface area contributed by atoms with Gasteiger partial charge in [-0.05, 0) is 31.2 Å². The Morgan fingerprint density at radius 1 is 1.37 bits per heavy atom. The second-order valence-corrected chi connectivity index (χ2v) is 9.73. The Hall–Kier alpha value is -2.37. The van der Waals surface area contributed by atoms with E-state index in [9.17, 15) is 14.1 Å². The van der Waals surface area contributed by atoms with Gasteiger partial charge in [-0.15, -0.1) is 3.89 Å². The molecule has 0 aliphatic carbocycles. The number of thiol groups is 1. The van der Waals surface area contributed by atoms with Gasteiger partial charge >= 0.3 is 0 Å². The number of aliphatic hydroxyl groups is 2. The highest BCUT2D eigenvalue weighted by atomic mass is 32.2. The van der Waals surface area contributed by atoms with E-state index in [0.717, 1.165) is 26.1 Å². The second kappa shape index (κ2) is 12.5. The Balaban J connectivity index is 1.87. The number of halogens is 1. The Kier molecular flexibility index (Phi) is 9.76. The van der Waals surface area contributed by atoms with Crippen LogP contribution in [0.3, 0.4) is 0 Å². The number of aliphatic imine (C=N–C) groups is 1. The lowest BCUT2D eigenvalue weighted by Crippen LogP contribution is -2.34. The van der Waals surface area contributed by atoms with Gasteiger partial charge in [-0.3, -0.25) is 4.98 Å². The van der Waals surface area contributed by atoms with Gasteiger partial charge in [0.25, 0.3) is 0 Å². The van der Waals surface area contributed by atoms with E-state index in [2.05, 4.69) is 29.8 Å². The summed E-state index contributed by atoms with van der Waals surface area (Å²) in [7, 11) is 0. The molecule has 2 unspecified atom stereocenters. The normalized spacial score (nSPS) is 16.6. The fourth-order valence-corrected chi connectivity index (χ4v) is 3.89. The van der Waals surface area contributed by atoms with Crippen LogP contribution in [0.15, 0.2) is 71.9 Å². The summed E-state index contributed by atoms with van der Waals surface area (Å²) in [5.74, 6) is 0.868. The number of aromatic nitrogens is 1. The molecule has 0 amide bonds. The van der Waals surface area contributed by atoms with Crippen LogP contribution in [0.4, 0.5) is 3.89 Å². The van der Waals surface area contributed by atoms with Crippen LogP contribution in [0, 0.1) is 5.92 Å². The third-order valence-electron chi connectivity index (χ3n) is 6.09. The molecule has 0 saturated carbocycles. The molecule has 0 bridgehead atoms. The van der Waals surface area contributed by atoms with Gasteiger partial charge in [0.2, 0.25) is 0 Å². The molecule has 3 rings (SSSR count). The van der Waals surface area contributed by atoms with E-state index in [1.165, 1.54) is 0 Å². The first-order chi connectivity index (χ1) is 16.8. The monoisotopic (exact) mass is 517 g/mol. The summed E-state index contributed by atoms with van der Waals surface area (Å²) in [4.78, 5) is 9.35. The predicted molar refractivity (Wildman–Crippen MR) is 144 cm³/mol. The minimum absolute atomic E-state index is 0.0327. The number of rotatable bonds is 12. The first-order valence-corrected chi connectivity index (χ1v) is 12.5. The summed E-state index contributed by atoms with van der Waals surface area (Å²) in [6.45, 7) is 7.95. The molecule has 3 N–H and O–H groups in total. The van der Waals surface area contributed by atoms with Crippen LogP contribution in [0.5, 0.6) is 0 Å². The quantitative estimate of drug-likeness (QED) is 0.179. The van der Waals surface area contributed by atoms with Crippen LogP contribution in [-0.4, -0.2) is 48.9 Å². The zero-order chi connectivity index (χ0) is 25.4. The minimum atomic E-state index is -1.08. The summed E-state index contributed by atoms with van der Waals surface area (Å²) in [6, 6.07) is 13.9. The van der Waals surface area contributed by atoms with E-state index in [-0.39, 0.29) is 30.7 Å². The van der Waals surface area contributed by atoms with E-state index in [1.807, 2.05) is 56.3 Å². The molecule has 1 aromatic heterocycles. The molecule has 1 aliphatic rings. The highest BCUT2D eigenvalue weighted by molar-refractivity contribution is 8.02. The molecule has 1 aromatic carbocycles. The molecule has 0 fully saturated rings. The van der Waals surface area contributed by atoms with Crippen molar-refractivity contribution in [2.75, 3.05) is 13.2 Å². The van der Waals surface area contributed by atoms with E-state index in [4.69, 9.17) is 4.99 Å². The number of benzene rings is 1. The lowest BCUT2D eigenvalue weighted by Gasteiger charge is -2.26. The number of hydrazine groups is 1. The van der Waals surface area contributed by atoms with Crippen molar-refractivity contribution < 1.29 is 14.1 Å². The molecule has 2 heterocycles. The van der Waals surface area contributed by atoms with Gasteiger partial charge in [0, 0.05) is 35.7 Å². The average molecular weight is 518 g/mol. The van der Waals surface area contributed by atoms with Crippen LogP contribution in [-0.2, 0) is 0 Å². The topological polar surface area (TPSA) is 84.2 Å². The zero-order valence-corrected chi connectivity index (χ0v) is 21.6. The molecule has 1 aliphatic heterocycles. The predicted octanol–water partition coefficient (Wildman–Crippen LogP) is 5.01. The number of hydrogen-bond donors (Lipinski definition) is 4. The van der Waals surface area contributed by atoms with Crippen LogP contribution in [0.2, 0.25) is 0 Å². The number of hydrogen-bond acceptors (Lipinski definition) is 9. The Morgan fingerprint density at radius 3 is 2.71 bits per heavy atom. The highest BCUT2D eigenvalue weighted by Crippen LogP contribution is 2.32. The van der Waals surface area contributed by atoms with E-state index < -0.39 is 5.60 Å². The van der Waals surface area contributed by atoms with Crippen molar-refractivity contribution >= 4 is 36.9 Å². The number of nitrogens with zero attached hydrogens (tertiary/aromatic N) is 4. The van der Waals surface area contributed by atoms with Crippen molar-refractivity contribution in [2.45, 2.75) is 38.7 Å². The van der Waals surface area contributed by atoms with Gasteiger partial charge in [-0.2, -0.15) is 0 Å². The van der Waals surface area contributed by atoms with Crippen molar-refractivity contribution in [3.05, 3.63) is 72.4 Å². The molecular formula is C25H32FN5O2S2. The summed E-state index contributed by atoms with van der Waals surface area (Å²) in [5.41, 5.74) is 5.76. The summed E-state index contributed by atoms with van der Waals surface area (Å²) in [5, 5.41) is 21.4. The first kappa shape index (κ1) is 27.2. The van der Waals surface area contributed by atoms with Gasteiger partial charge in [-0.25, -0.2) is 19.1 Å². The van der Waals surface area contributed by atoms with E-state index in [1.54, 1.807) is 17.4 Å². The third-order valence-corrected chi connectivity index (χ3v) is 6.85. The van der Waals surface area contributed by atoms with Crippen LogP contribution in [0.1, 0.15) is 38.7 Å². The van der Waals surface area contributed by atoms with Crippen LogP contribution in [0.25, 0.3) is 16.8 Å². The second-order valence-electron chi connectivity index (χ2n) is 8.56. The molecule has 188 valence electrons. The van der Waals surface area contributed by atoms with E-state index >= 15 is 0 Å². The number of pyridine rings is 1. The highest BCUT2D eigenvalue weighted by Gasteiger charge is 2.28. The molecule has 35 heavy (non-hydrogen) atoms. The Morgan fingerprint density at radius 2 is 2.11 bits per heavy atom. The SMILES string of the molecule is C=C(N(S)SF)N1NCC(c2ccc(-c3ccccc3)nc2)=C1/N=C/C(C)CCC(O)(CC)CO. The molecular weight excluding hydrogens is 485 g/mol. The standard InChI is InChI=1S/C25H32FN5O2S2/c1-4-25(33,17-32)13-12-18(2)14-28-24-22(16-29-30(24)19(3)31(34)35-26)21-10-11-23(27-15-21)20-8-6-5-7-9-20/h5-11,14-15,18,29,32-34H,3-4,12-13,16-17H2,1-2H3/b28-14+. The molecule has 2 atom stereocenters. The molecule has 0 spiro atoms.